The summed E-state index contributed by atoms with van der Waals surface area (Å²) in [6.07, 6.45) is 2.67. The smallest absolute Gasteiger partial charge is 0.252 e. The van der Waals surface area contributed by atoms with E-state index in [0.29, 0.717) is 24.4 Å². The first-order valence-corrected chi connectivity index (χ1v) is 9.38. The van der Waals surface area contributed by atoms with E-state index in [2.05, 4.69) is 10.6 Å². The van der Waals surface area contributed by atoms with E-state index in [1.807, 2.05) is 30.3 Å². The van der Waals surface area contributed by atoms with Gasteiger partial charge in [-0.3, -0.25) is 19.4 Å². The Morgan fingerprint density at radius 3 is 2.81 bits per heavy atom. The molecule has 1 aromatic carbocycles. The molecule has 0 radical (unpaired) electrons. The Kier molecular flexibility index (Phi) is 3.63. The minimum atomic E-state index is -0.479. The molecule has 27 heavy (non-hydrogen) atoms. The van der Waals surface area contributed by atoms with Crippen LogP contribution in [-0.2, 0) is 9.59 Å². The summed E-state index contributed by atoms with van der Waals surface area (Å²) in [4.78, 5) is 43.3. The van der Waals surface area contributed by atoms with Crippen LogP contribution in [0.5, 0.6) is 0 Å². The number of hydrogen-bond donors (Lipinski definition) is 2. The second-order valence-electron chi connectivity index (χ2n) is 7.57. The van der Waals surface area contributed by atoms with Gasteiger partial charge in [-0.1, -0.05) is 18.2 Å². The lowest BCUT2D eigenvalue weighted by Crippen LogP contribution is -2.55. The van der Waals surface area contributed by atoms with E-state index in [0.717, 1.165) is 29.4 Å². The maximum Gasteiger partial charge on any atom is 0.252 e. The predicted molar refractivity (Wildman–Crippen MR) is 98.1 cm³/mol. The van der Waals surface area contributed by atoms with Gasteiger partial charge < -0.3 is 15.5 Å². The van der Waals surface area contributed by atoms with Gasteiger partial charge in [-0.15, -0.1) is 0 Å². The van der Waals surface area contributed by atoms with Gasteiger partial charge in [-0.05, 0) is 31.4 Å². The number of nitrogens with one attached hydrogen (secondary N) is 2. The molecular formula is C20H20N4O3. The summed E-state index contributed by atoms with van der Waals surface area (Å²) in [6, 6.07) is 8.85. The summed E-state index contributed by atoms with van der Waals surface area (Å²) in [7, 11) is 0. The number of piperazine rings is 1. The summed E-state index contributed by atoms with van der Waals surface area (Å²) in [5.41, 5.74) is 2.41. The summed E-state index contributed by atoms with van der Waals surface area (Å²) in [5.74, 6) is 0.0367. The van der Waals surface area contributed by atoms with Gasteiger partial charge in [-0.25, -0.2) is 0 Å². The fourth-order valence-electron chi connectivity index (χ4n) is 4.08. The number of rotatable bonds is 3. The Hall–Kier alpha value is -2.96. The molecule has 0 unspecified atom stereocenters. The molecule has 3 aliphatic rings. The van der Waals surface area contributed by atoms with Crippen molar-refractivity contribution in [2.24, 2.45) is 0 Å². The molecule has 1 aliphatic carbocycles. The van der Waals surface area contributed by atoms with Crippen LogP contribution in [0.2, 0.25) is 0 Å². The van der Waals surface area contributed by atoms with Crippen LogP contribution in [0.1, 0.15) is 41.2 Å². The van der Waals surface area contributed by atoms with Crippen LogP contribution in [0.3, 0.4) is 0 Å². The van der Waals surface area contributed by atoms with E-state index in [-0.39, 0.29) is 30.3 Å². The minimum absolute atomic E-state index is 0.0374. The Morgan fingerprint density at radius 1 is 1.22 bits per heavy atom. The molecule has 3 amide bonds. The largest absolute Gasteiger partial charge is 0.347 e. The molecule has 2 aliphatic heterocycles. The second kappa shape index (κ2) is 6.04. The molecule has 7 nitrogen and oxygen atoms in total. The number of carbonyl (C=O) groups is 3. The highest BCUT2D eigenvalue weighted by molar-refractivity contribution is 6.06. The molecule has 2 saturated heterocycles. The van der Waals surface area contributed by atoms with Gasteiger partial charge >= 0.3 is 0 Å². The standard InChI is InChI=1S/C20H20N4O3/c25-18-9-21-20(27)17-7-12(10-24(17)18)22-19(26)14-8-16(11-5-6-11)23-15-4-2-1-3-13(14)15/h1-4,8,11-12,17H,5-7,9-10H2,(H,21,27)(H,22,26)/t12-,17+/m1/s1. The number of benzene rings is 1. The monoisotopic (exact) mass is 364 g/mol. The number of para-hydroxylation sites is 1. The van der Waals surface area contributed by atoms with Crippen molar-refractivity contribution in [2.45, 2.75) is 37.3 Å². The SMILES string of the molecule is O=C(N[C@@H]1C[C@H]2C(=O)NCC(=O)N2C1)c1cc(C2CC2)nc2ccccc12. The highest BCUT2D eigenvalue weighted by Crippen LogP contribution is 2.40. The van der Waals surface area contributed by atoms with Crippen LogP contribution in [0.15, 0.2) is 30.3 Å². The van der Waals surface area contributed by atoms with E-state index in [9.17, 15) is 14.4 Å². The van der Waals surface area contributed by atoms with Gasteiger partial charge in [0.15, 0.2) is 0 Å². The third kappa shape index (κ3) is 2.83. The fraction of sp³-hybridized carbons (Fsp3) is 0.400. The second-order valence-corrected chi connectivity index (χ2v) is 7.57. The molecular weight excluding hydrogens is 344 g/mol. The number of aromatic nitrogens is 1. The lowest BCUT2D eigenvalue weighted by atomic mass is 10.0. The van der Waals surface area contributed by atoms with Crippen LogP contribution in [0.25, 0.3) is 10.9 Å². The molecule has 0 spiro atoms. The van der Waals surface area contributed by atoms with Crippen molar-refractivity contribution in [3.8, 4) is 0 Å². The van der Waals surface area contributed by atoms with Crippen molar-refractivity contribution in [3.63, 3.8) is 0 Å². The molecule has 3 heterocycles. The van der Waals surface area contributed by atoms with Gasteiger partial charge in [0, 0.05) is 29.6 Å². The normalized spacial score (nSPS) is 24.7. The van der Waals surface area contributed by atoms with E-state index < -0.39 is 6.04 Å². The topological polar surface area (TPSA) is 91.4 Å². The van der Waals surface area contributed by atoms with Crippen molar-refractivity contribution >= 4 is 28.6 Å². The summed E-state index contributed by atoms with van der Waals surface area (Å²) < 4.78 is 0. The summed E-state index contributed by atoms with van der Waals surface area (Å²) >= 11 is 0. The average Bonchev–Trinajstić information content (AvgIpc) is 3.44. The van der Waals surface area contributed by atoms with Crippen molar-refractivity contribution in [2.75, 3.05) is 13.1 Å². The third-order valence-electron chi connectivity index (χ3n) is 5.65. The zero-order valence-electron chi connectivity index (χ0n) is 14.8. The van der Waals surface area contributed by atoms with Crippen molar-refractivity contribution in [3.05, 3.63) is 41.6 Å². The van der Waals surface area contributed by atoms with Crippen LogP contribution < -0.4 is 10.6 Å². The van der Waals surface area contributed by atoms with Gasteiger partial charge in [0.05, 0.1) is 17.6 Å². The van der Waals surface area contributed by atoms with Crippen molar-refractivity contribution in [1.82, 2.24) is 20.5 Å². The van der Waals surface area contributed by atoms with E-state index in [1.54, 1.807) is 4.90 Å². The number of pyridine rings is 1. The van der Waals surface area contributed by atoms with Gasteiger partial charge in [0.25, 0.3) is 5.91 Å². The molecule has 2 aromatic rings. The number of fused-ring (bicyclic) bond motifs is 2. The number of carbonyl (C=O) groups excluding carboxylic acids is 3. The maximum atomic E-state index is 13.0. The van der Waals surface area contributed by atoms with Gasteiger partial charge in [0.1, 0.15) is 6.04 Å². The average molecular weight is 364 g/mol. The number of amides is 3. The third-order valence-corrected chi connectivity index (χ3v) is 5.65. The summed E-state index contributed by atoms with van der Waals surface area (Å²) in [6.45, 7) is 0.414. The zero-order chi connectivity index (χ0) is 18.5. The molecule has 2 atom stereocenters. The van der Waals surface area contributed by atoms with Crippen LogP contribution in [0.4, 0.5) is 0 Å². The van der Waals surface area contributed by atoms with E-state index >= 15 is 0 Å². The number of nitrogens with zero attached hydrogens (tertiary/aromatic N) is 2. The predicted octanol–water partition coefficient (Wildman–Crippen LogP) is 0.941. The number of hydrogen-bond acceptors (Lipinski definition) is 4. The quantitative estimate of drug-likeness (QED) is 0.848. The van der Waals surface area contributed by atoms with Crippen LogP contribution in [-0.4, -0.2) is 52.8 Å². The molecule has 7 heteroatoms. The zero-order valence-corrected chi connectivity index (χ0v) is 14.8. The lowest BCUT2D eigenvalue weighted by molar-refractivity contribution is -0.143. The van der Waals surface area contributed by atoms with Gasteiger partial charge in [-0.2, -0.15) is 0 Å². The fourth-order valence-corrected chi connectivity index (χ4v) is 4.08. The molecule has 0 bridgehead atoms. The van der Waals surface area contributed by atoms with E-state index in [1.165, 1.54) is 0 Å². The highest BCUT2D eigenvalue weighted by Gasteiger charge is 2.43. The Labute approximate surface area is 156 Å². The van der Waals surface area contributed by atoms with Crippen LogP contribution >= 0.6 is 0 Å². The minimum Gasteiger partial charge on any atom is -0.347 e. The molecule has 3 fully saturated rings. The first-order chi connectivity index (χ1) is 13.1. The Bertz CT molecular complexity index is 945. The highest BCUT2D eigenvalue weighted by atomic mass is 16.2. The summed E-state index contributed by atoms with van der Waals surface area (Å²) in [5, 5.41) is 6.46. The van der Waals surface area contributed by atoms with Crippen molar-refractivity contribution < 1.29 is 14.4 Å². The Balaban J connectivity index is 1.41. The first-order valence-electron chi connectivity index (χ1n) is 9.38. The molecule has 5 rings (SSSR count). The molecule has 2 N–H and O–H groups in total. The van der Waals surface area contributed by atoms with Crippen molar-refractivity contribution in [1.29, 1.82) is 0 Å². The van der Waals surface area contributed by atoms with Gasteiger partial charge in [0.2, 0.25) is 11.8 Å². The molecule has 1 saturated carbocycles. The first kappa shape index (κ1) is 16.2. The molecule has 1 aromatic heterocycles. The van der Waals surface area contributed by atoms with Crippen LogP contribution in [0, 0.1) is 0 Å². The lowest BCUT2D eigenvalue weighted by Gasteiger charge is -2.28. The molecule has 138 valence electrons. The van der Waals surface area contributed by atoms with E-state index in [4.69, 9.17) is 4.98 Å². The Morgan fingerprint density at radius 2 is 2.04 bits per heavy atom. The maximum absolute atomic E-state index is 13.0.